The fraction of sp³-hybridized carbons (Fsp3) is 0.310. The molecule has 0 aromatic heterocycles. The lowest BCUT2D eigenvalue weighted by Crippen LogP contribution is -2.49. The van der Waals surface area contributed by atoms with Crippen LogP contribution >= 0.6 is 11.6 Å². The molecule has 180 valence electrons. The number of para-hydroxylation sites is 1. The first-order valence-electron chi connectivity index (χ1n) is 12.3. The molecule has 0 aliphatic carbocycles. The van der Waals surface area contributed by atoms with Crippen LogP contribution < -0.4 is 10.2 Å². The van der Waals surface area contributed by atoms with Crippen molar-refractivity contribution >= 4 is 29.1 Å². The maximum Gasteiger partial charge on any atom is 0.259 e. The summed E-state index contributed by atoms with van der Waals surface area (Å²) in [6.45, 7) is 3.59. The Bertz CT molecular complexity index is 1170. The SMILES string of the molecule is O=C(NCC1CCN(Cc2ccc(Cl)cc2)CC1)[C@@H]1Cc2ccccc2N1C(=O)c1ccccc1. The van der Waals surface area contributed by atoms with E-state index in [1.807, 2.05) is 54.6 Å². The average Bonchev–Trinajstić information content (AvgIpc) is 3.29. The number of carbonyl (C=O) groups is 2. The van der Waals surface area contributed by atoms with Crippen molar-refractivity contribution in [2.75, 3.05) is 24.5 Å². The molecule has 1 fully saturated rings. The smallest absolute Gasteiger partial charge is 0.259 e. The quantitative estimate of drug-likeness (QED) is 0.535. The van der Waals surface area contributed by atoms with Crippen molar-refractivity contribution in [1.29, 1.82) is 0 Å². The van der Waals surface area contributed by atoms with E-state index in [1.165, 1.54) is 5.56 Å². The number of carbonyl (C=O) groups excluding carboxylic acids is 2. The van der Waals surface area contributed by atoms with Crippen molar-refractivity contribution in [3.63, 3.8) is 0 Å². The molecule has 1 atom stereocenters. The summed E-state index contributed by atoms with van der Waals surface area (Å²) in [5, 5.41) is 3.93. The van der Waals surface area contributed by atoms with Crippen LogP contribution in [0.4, 0.5) is 5.69 Å². The van der Waals surface area contributed by atoms with Crippen molar-refractivity contribution in [2.24, 2.45) is 5.92 Å². The molecule has 3 aromatic rings. The highest BCUT2D eigenvalue weighted by Gasteiger charge is 2.38. The molecular weight excluding hydrogens is 458 g/mol. The molecule has 5 rings (SSSR count). The Morgan fingerprint density at radius 1 is 0.886 bits per heavy atom. The van der Waals surface area contributed by atoms with Gasteiger partial charge in [-0.05, 0) is 73.3 Å². The molecule has 5 nitrogen and oxygen atoms in total. The van der Waals surface area contributed by atoms with Crippen molar-refractivity contribution in [2.45, 2.75) is 31.8 Å². The van der Waals surface area contributed by atoms with Gasteiger partial charge in [0.1, 0.15) is 6.04 Å². The topological polar surface area (TPSA) is 52.7 Å². The summed E-state index contributed by atoms with van der Waals surface area (Å²) in [6.07, 6.45) is 2.64. The van der Waals surface area contributed by atoms with Crippen LogP contribution in [-0.2, 0) is 17.8 Å². The molecular formula is C29H30ClN3O2. The second kappa shape index (κ2) is 10.6. The monoisotopic (exact) mass is 487 g/mol. The molecule has 0 saturated carbocycles. The van der Waals surface area contributed by atoms with Crippen LogP contribution in [0, 0.1) is 5.92 Å². The minimum atomic E-state index is -0.523. The predicted octanol–water partition coefficient (Wildman–Crippen LogP) is 4.94. The van der Waals surface area contributed by atoms with Crippen LogP contribution in [0.25, 0.3) is 0 Å². The number of nitrogens with zero attached hydrogens (tertiary/aromatic N) is 2. The van der Waals surface area contributed by atoms with Gasteiger partial charge in [0.15, 0.2) is 0 Å². The van der Waals surface area contributed by atoms with Crippen LogP contribution in [-0.4, -0.2) is 42.4 Å². The number of halogens is 1. The molecule has 2 aliphatic heterocycles. The highest BCUT2D eigenvalue weighted by atomic mass is 35.5. The van der Waals surface area contributed by atoms with E-state index >= 15 is 0 Å². The molecule has 2 heterocycles. The molecule has 2 amide bonds. The second-order valence-electron chi connectivity index (χ2n) is 9.48. The van der Waals surface area contributed by atoms with Gasteiger partial charge in [0.05, 0.1) is 0 Å². The lowest BCUT2D eigenvalue weighted by atomic mass is 9.96. The van der Waals surface area contributed by atoms with Gasteiger partial charge in [-0.3, -0.25) is 19.4 Å². The summed E-state index contributed by atoms with van der Waals surface area (Å²) >= 11 is 5.99. The molecule has 0 radical (unpaired) electrons. The van der Waals surface area contributed by atoms with Crippen molar-refractivity contribution in [3.05, 3.63) is 101 Å². The van der Waals surface area contributed by atoms with Crippen molar-refractivity contribution in [3.8, 4) is 0 Å². The summed E-state index contributed by atoms with van der Waals surface area (Å²) in [5.74, 6) is 0.239. The van der Waals surface area contributed by atoms with Crippen LogP contribution in [0.2, 0.25) is 5.02 Å². The normalized spacial score (nSPS) is 18.3. The average molecular weight is 488 g/mol. The zero-order chi connectivity index (χ0) is 24.2. The number of fused-ring (bicyclic) bond motifs is 1. The van der Waals surface area contributed by atoms with Gasteiger partial charge in [-0.2, -0.15) is 0 Å². The van der Waals surface area contributed by atoms with E-state index in [1.54, 1.807) is 17.0 Å². The second-order valence-corrected chi connectivity index (χ2v) is 9.92. The molecule has 1 N–H and O–H groups in total. The highest BCUT2D eigenvalue weighted by Crippen LogP contribution is 2.33. The third-order valence-corrected chi connectivity index (χ3v) is 7.36. The van der Waals surface area contributed by atoms with E-state index in [4.69, 9.17) is 11.6 Å². The van der Waals surface area contributed by atoms with Gasteiger partial charge in [-0.15, -0.1) is 0 Å². The summed E-state index contributed by atoms with van der Waals surface area (Å²) in [5.41, 5.74) is 3.73. The number of nitrogens with one attached hydrogen (secondary N) is 1. The Balaban J connectivity index is 1.18. The van der Waals surface area contributed by atoms with Crippen LogP contribution in [0.5, 0.6) is 0 Å². The first kappa shape index (κ1) is 23.6. The number of benzene rings is 3. The molecule has 6 heteroatoms. The van der Waals surface area contributed by atoms with Gasteiger partial charge in [-0.25, -0.2) is 0 Å². The molecule has 3 aromatic carbocycles. The van der Waals surface area contributed by atoms with Gasteiger partial charge in [-0.1, -0.05) is 60.1 Å². The predicted molar refractivity (Wildman–Crippen MR) is 140 cm³/mol. The Kier molecular flexibility index (Phi) is 7.16. The fourth-order valence-electron chi connectivity index (χ4n) is 5.13. The van der Waals surface area contributed by atoms with Crippen LogP contribution in [0.1, 0.15) is 34.3 Å². The first-order chi connectivity index (χ1) is 17.1. The molecule has 0 bridgehead atoms. The van der Waals surface area contributed by atoms with Gasteiger partial charge < -0.3 is 5.32 Å². The van der Waals surface area contributed by atoms with Crippen LogP contribution in [0.15, 0.2) is 78.9 Å². The number of piperidine rings is 1. The summed E-state index contributed by atoms with van der Waals surface area (Å²) in [4.78, 5) is 30.8. The number of rotatable bonds is 6. The Hall–Kier alpha value is -3.15. The van der Waals surface area contributed by atoms with Gasteiger partial charge in [0.25, 0.3) is 5.91 Å². The van der Waals surface area contributed by atoms with E-state index in [2.05, 4.69) is 22.3 Å². The maximum absolute atomic E-state index is 13.4. The van der Waals surface area contributed by atoms with E-state index in [0.29, 0.717) is 24.4 Å². The Morgan fingerprint density at radius 3 is 2.31 bits per heavy atom. The minimum absolute atomic E-state index is 0.0749. The maximum atomic E-state index is 13.4. The standard InChI is InChI=1S/C29H30ClN3O2/c30-25-12-10-22(11-13-25)20-32-16-14-21(15-17-32)19-31-28(34)27-18-24-8-4-5-9-26(24)33(27)29(35)23-6-2-1-3-7-23/h1-13,21,27H,14-20H2,(H,31,34)/t27-/m0/s1. The number of likely N-dealkylation sites (tertiary alicyclic amines) is 1. The van der Waals surface area contributed by atoms with Crippen LogP contribution in [0.3, 0.4) is 0 Å². The summed E-state index contributed by atoms with van der Waals surface area (Å²) in [7, 11) is 0. The molecule has 2 aliphatic rings. The van der Waals surface area contributed by atoms with E-state index in [0.717, 1.165) is 48.7 Å². The third kappa shape index (κ3) is 5.42. The molecule has 35 heavy (non-hydrogen) atoms. The summed E-state index contributed by atoms with van der Waals surface area (Å²) in [6, 6.07) is 24.5. The van der Waals surface area contributed by atoms with Gasteiger partial charge >= 0.3 is 0 Å². The summed E-state index contributed by atoms with van der Waals surface area (Å²) < 4.78 is 0. The van der Waals surface area contributed by atoms with E-state index in [-0.39, 0.29) is 11.8 Å². The zero-order valence-corrected chi connectivity index (χ0v) is 20.5. The first-order valence-corrected chi connectivity index (χ1v) is 12.7. The molecule has 1 saturated heterocycles. The Labute approximate surface area is 211 Å². The fourth-order valence-corrected chi connectivity index (χ4v) is 5.25. The Morgan fingerprint density at radius 2 is 1.57 bits per heavy atom. The minimum Gasteiger partial charge on any atom is -0.354 e. The number of amides is 2. The number of hydrogen-bond acceptors (Lipinski definition) is 3. The van der Waals surface area contributed by atoms with E-state index < -0.39 is 6.04 Å². The van der Waals surface area contributed by atoms with E-state index in [9.17, 15) is 9.59 Å². The molecule has 0 unspecified atom stereocenters. The number of anilines is 1. The number of hydrogen-bond donors (Lipinski definition) is 1. The van der Waals surface area contributed by atoms with Crippen molar-refractivity contribution < 1.29 is 9.59 Å². The third-order valence-electron chi connectivity index (χ3n) is 7.11. The van der Waals surface area contributed by atoms with Crippen molar-refractivity contribution in [1.82, 2.24) is 10.2 Å². The molecule has 0 spiro atoms. The highest BCUT2D eigenvalue weighted by molar-refractivity contribution is 6.30. The zero-order valence-electron chi connectivity index (χ0n) is 19.7. The lowest BCUT2D eigenvalue weighted by Gasteiger charge is -2.32. The van der Waals surface area contributed by atoms with Gasteiger partial charge in [0, 0.05) is 35.8 Å². The lowest BCUT2D eigenvalue weighted by molar-refractivity contribution is -0.122. The largest absolute Gasteiger partial charge is 0.354 e. The van der Waals surface area contributed by atoms with Gasteiger partial charge in [0.2, 0.25) is 5.91 Å².